The van der Waals surface area contributed by atoms with Gasteiger partial charge in [0.25, 0.3) is 11.8 Å². The summed E-state index contributed by atoms with van der Waals surface area (Å²) in [7, 11) is 1.74. The number of carbonyl (C=O) groups is 3. The zero-order valence-corrected chi connectivity index (χ0v) is 12.0. The minimum Gasteiger partial charge on any atom is -0.359 e. The fourth-order valence-corrected chi connectivity index (χ4v) is 2.75. The molecule has 2 heterocycles. The van der Waals surface area contributed by atoms with Crippen molar-refractivity contribution in [3.05, 3.63) is 29.3 Å². The van der Waals surface area contributed by atoms with Gasteiger partial charge >= 0.3 is 0 Å². The zero-order chi connectivity index (χ0) is 15.1. The SMILES string of the molecule is CC(=O)C1OCCN(c2ccc3c(c2)CN(C)C3=O)C1=O. The molecule has 1 saturated heterocycles. The van der Waals surface area contributed by atoms with Crippen molar-refractivity contribution in [2.45, 2.75) is 19.6 Å². The van der Waals surface area contributed by atoms with Crippen LogP contribution < -0.4 is 4.90 Å². The predicted octanol–water partition coefficient (Wildman–Crippen LogP) is 0.593. The molecule has 0 aliphatic carbocycles. The number of hydrogen-bond donors (Lipinski definition) is 0. The standard InChI is InChI=1S/C15H16N2O4/c1-9(18)13-15(20)17(5-6-21-13)11-3-4-12-10(7-11)8-16(2)14(12)19/h3-4,7,13H,5-6,8H2,1-2H3. The van der Waals surface area contributed by atoms with Gasteiger partial charge in [0, 0.05) is 31.4 Å². The molecule has 2 aliphatic rings. The molecule has 0 aromatic heterocycles. The van der Waals surface area contributed by atoms with Crippen molar-refractivity contribution in [1.82, 2.24) is 4.90 Å². The van der Waals surface area contributed by atoms with Gasteiger partial charge in [0.05, 0.1) is 6.61 Å². The van der Waals surface area contributed by atoms with Crippen LogP contribution in [-0.2, 0) is 20.9 Å². The summed E-state index contributed by atoms with van der Waals surface area (Å²) in [5.74, 6) is -0.640. The second-order valence-corrected chi connectivity index (χ2v) is 5.35. The highest BCUT2D eigenvalue weighted by molar-refractivity contribution is 6.11. The van der Waals surface area contributed by atoms with Crippen LogP contribution in [0.2, 0.25) is 0 Å². The summed E-state index contributed by atoms with van der Waals surface area (Å²) in [5, 5.41) is 0. The zero-order valence-electron chi connectivity index (χ0n) is 12.0. The Morgan fingerprint density at radius 3 is 2.81 bits per heavy atom. The van der Waals surface area contributed by atoms with Gasteiger partial charge < -0.3 is 14.5 Å². The summed E-state index contributed by atoms with van der Waals surface area (Å²) in [5.41, 5.74) is 2.28. The van der Waals surface area contributed by atoms with E-state index in [1.807, 2.05) is 6.07 Å². The van der Waals surface area contributed by atoms with Gasteiger partial charge in [0.2, 0.25) is 0 Å². The molecule has 0 spiro atoms. The van der Waals surface area contributed by atoms with Gasteiger partial charge in [-0.2, -0.15) is 0 Å². The summed E-state index contributed by atoms with van der Waals surface area (Å²) in [6, 6.07) is 5.33. The molecule has 6 nitrogen and oxygen atoms in total. The fourth-order valence-electron chi connectivity index (χ4n) is 2.75. The van der Waals surface area contributed by atoms with Crippen LogP contribution in [0.4, 0.5) is 5.69 Å². The number of nitrogens with zero attached hydrogens (tertiary/aromatic N) is 2. The number of morpholine rings is 1. The Kier molecular flexibility index (Phi) is 3.25. The monoisotopic (exact) mass is 288 g/mol. The number of ether oxygens (including phenoxy) is 1. The third-order valence-electron chi connectivity index (χ3n) is 3.84. The first-order chi connectivity index (χ1) is 9.99. The van der Waals surface area contributed by atoms with Crippen LogP contribution in [0.15, 0.2) is 18.2 Å². The lowest BCUT2D eigenvalue weighted by atomic mass is 10.1. The number of amides is 2. The van der Waals surface area contributed by atoms with E-state index in [0.29, 0.717) is 30.9 Å². The smallest absolute Gasteiger partial charge is 0.263 e. The summed E-state index contributed by atoms with van der Waals surface area (Å²) in [6.45, 7) is 2.62. The molecule has 6 heteroatoms. The van der Waals surface area contributed by atoms with Crippen LogP contribution in [0.5, 0.6) is 0 Å². The molecule has 1 aromatic rings. The van der Waals surface area contributed by atoms with E-state index >= 15 is 0 Å². The highest BCUT2D eigenvalue weighted by atomic mass is 16.5. The molecule has 0 N–H and O–H groups in total. The van der Waals surface area contributed by atoms with Gasteiger partial charge in [0.1, 0.15) is 0 Å². The van der Waals surface area contributed by atoms with E-state index in [9.17, 15) is 14.4 Å². The number of rotatable bonds is 2. The van der Waals surface area contributed by atoms with Crippen LogP contribution in [0, 0.1) is 0 Å². The second-order valence-electron chi connectivity index (χ2n) is 5.35. The first-order valence-corrected chi connectivity index (χ1v) is 6.81. The maximum atomic E-state index is 12.3. The molecule has 110 valence electrons. The summed E-state index contributed by atoms with van der Waals surface area (Å²) in [4.78, 5) is 38.8. The van der Waals surface area contributed by atoms with Crippen molar-refractivity contribution in [1.29, 1.82) is 0 Å². The van der Waals surface area contributed by atoms with E-state index in [1.165, 1.54) is 6.92 Å². The largest absolute Gasteiger partial charge is 0.359 e. The summed E-state index contributed by atoms with van der Waals surface area (Å²) in [6.07, 6.45) is -1.02. The lowest BCUT2D eigenvalue weighted by Crippen LogP contribution is -2.50. The average molecular weight is 288 g/mol. The molecule has 0 bridgehead atoms. The van der Waals surface area contributed by atoms with Gasteiger partial charge in [-0.1, -0.05) is 0 Å². The Bertz CT molecular complexity index is 641. The molecular formula is C15H16N2O4. The Morgan fingerprint density at radius 1 is 1.33 bits per heavy atom. The molecule has 2 amide bonds. The van der Waals surface area contributed by atoms with E-state index in [2.05, 4.69) is 0 Å². The highest BCUT2D eigenvalue weighted by Crippen LogP contribution is 2.28. The summed E-state index contributed by atoms with van der Waals surface area (Å²) >= 11 is 0. The maximum absolute atomic E-state index is 12.3. The highest BCUT2D eigenvalue weighted by Gasteiger charge is 2.34. The summed E-state index contributed by atoms with van der Waals surface area (Å²) < 4.78 is 5.23. The molecule has 3 rings (SSSR count). The van der Waals surface area contributed by atoms with Crippen LogP contribution >= 0.6 is 0 Å². The van der Waals surface area contributed by atoms with Crippen molar-refractivity contribution in [3.8, 4) is 0 Å². The Morgan fingerprint density at radius 2 is 2.10 bits per heavy atom. The van der Waals surface area contributed by atoms with Crippen molar-refractivity contribution in [2.24, 2.45) is 0 Å². The van der Waals surface area contributed by atoms with Crippen LogP contribution in [0.25, 0.3) is 0 Å². The number of anilines is 1. The van der Waals surface area contributed by atoms with Gasteiger partial charge in [-0.25, -0.2) is 0 Å². The third-order valence-corrected chi connectivity index (χ3v) is 3.84. The van der Waals surface area contributed by atoms with E-state index in [0.717, 1.165) is 5.56 Å². The predicted molar refractivity (Wildman–Crippen MR) is 75.0 cm³/mol. The van der Waals surface area contributed by atoms with Gasteiger partial charge in [-0.3, -0.25) is 14.4 Å². The molecule has 0 radical (unpaired) electrons. The molecular weight excluding hydrogens is 272 g/mol. The minimum absolute atomic E-state index is 0.00790. The van der Waals surface area contributed by atoms with E-state index in [1.54, 1.807) is 29.0 Å². The van der Waals surface area contributed by atoms with Crippen LogP contribution in [0.1, 0.15) is 22.8 Å². The normalized spacial score (nSPS) is 21.7. The Balaban J connectivity index is 1.91. The molecule has 1 fully saturated rings. The van der Waals surface area contributed by atoms with Gasteiger partial charge in [-0.05, 0) is 30.7 Å². The van der Waals surface area contributed by atoms with Crippen LogP contribution in [-0.4, -0.2) is 48.8 Å². The first kappa shape index (κ1) is 13.8. The molecule has 1 aromatic carbocycles. The van der Waals surface area contributed by atoms with Crippen molar-refractivity contribution in [2.75, 3.05) is 25.1 Å². The average Bonchev–Trinajstić information content (AvgIpc) is 2.73. The first-order valence-electron chi connectivity index (χ1n) is 6.81. The van der Waals surface area contributed by atoms with Crippen molar-refractivity contribution in [3.63, 3.8) is 0 Å². The van der Waals surface area contributed by atoms with Crippen molar-refractivity contribution >= 4 is 23.3 Å². The number of hydrogen-bond acceptors (Lipinski definition) is 4. The molecule has 2 aliphatic heterocycles. The van der Waals surface area contributed by atoms with Crippen molar-refractivity contribution < 1.29 is 19.1 Å². The lowest BCUT2D eigenvalue weighted by molar-refractivity contribution is -0.144. The quantitative estimate of drug-likeness (QED) is 0.747. The Hall–Kier alpha value is -2.21. The molecule has 0 saturated carbocycles. The number of Topliss-reactive ketones (excluding diaryl/α,β-unsaturated/α-hetero) is 1. The number of fused-ring (bicyclic) bond motifs is 1. The Labute approximate surface area is 122 Å². The van der Waals surface area contributed by atoms with E-state index in [-0.39, 0.29) is 17.6 Å². The van der Waals surface area contributed by atoms with Gasteiger partial charge in [0.15, 0.2) is 11.9 Å². The number of carbonyl (C=O) groups excluding carboxylic acids is 3. The minimum atomic E-state index is -1.02. The van der Waals surface area contributed by atoms with E-state index in [4.69, 9.17) is 4.74 Å². The lowest BCUT2D eigenvalue weighted by Gasteiger charge is -2.31. The molecule has 1 atom stereocenters. The third kappa shape index (κ3) is 2.21. The second kappa shape index (κ2) is 4.96. The van der Waals surface area contributed by atoms with Crippen LogP contribution in [0.3, 0.4) is 0 Å². The molecule has 1 unspecified atom stereocenters. The maximum Gasteiger partial charge on any atom is 0.263 e. The topological polar surface area (TPSA) is 66.9 Å². The van der Waals surface area contributed by atoms with E-state index < -0.39 is 6.10 Å². The number of ketones is 1. The van der Waals surface area contributed by atoms with Gasteiger partial charge in [-0.15, -0.1) is 0 Å². The number of benzene rings is 1. The molecule has 21 heavy (non-hydrogen) atoms. The fraction of sp³-hybridized carbons (Fsp3) is 0.400.